The normalized spacial score (nSPS) is 17.0. The first-order valence-corrected chi connectivity index (χ1v) is 8.56. The van der Waals surface area contributed by atoms with E-state index in [1.165, 1.54) is 12.4 Å². The smallest absolute Gasteiger partial charge is 0.252 e. The highest BCUT2D eigenvalue weighted by atomic mass is 32.2. The van der Waals surface area contributed by atoms with Gasteiger partial charge in [0.25, 0.3) is 5.91 Å². The Balaban J connectivity index is 2.14. The van der Waals surface area contributed by atoms with Crippen LogP contribution in [0.4, 0.5) is 5.69 Å². The number of sulfonamides is 1. The van der Waals surface area contributed by atoms with Crippen molar-refractivity contribution in [1.82, 2.24) is 9.71 Å². The lowest BCUT2D eigenvalue weighted by atomic mass is 10.1. The number of pyridine rings is 1. The van der Waals surface area contributed by atoms with Crippen LogP contribution in [0.1, 0.15) is 44.0 Å². The van der Waals surface area contributed by atoms with E-state index in [9.17, 15) is 13.2 Å². The monoisotopic (exact) mass is 326 g/mol. The van der Waals surface area contributed by atoms with Crippen LogP contribution in [-0.4, -0.2) is 36.1 Å². The van der Waals surface area contributed by atoms with E-state index in [1.54, 1.807) is 6.07 Å². The van der Waals surface area contributed by atoms with Gasteiger partial charge in [0.05, 0.1) is 11.3 Å². The number of hydrogen-bond acceptors (Lipinski definition) is 5. The average Bonchev–Trinajstić information content (AvgIpc) is 3.15. The standard InChI is InChI=1S/C14H22N4O3S/c1-13(2,3)18-22(20,21)14(5-6-14)9-17-11-4-7-16-8-10(11)12(15)19/h4,7-8,18H,5-6,9H2,1-3H3,(H2,15,19)(H,16,17). The first-order chi connectivity index (χ1) is 10.1. The number of amides is 1. The van der Waals surface area contributed by atoms with Gasteiger partial charge >= 0.3 is 0 Å². The predicted octanol–water partition coefficient (Wildman–Crippen LogP) is 0.843. The van der Waals surface area contributed by atoms with Crippen molar-refractivity contribution in [1.29, 1.82) is 0 Å². The van der Waals surface area contributed by atoms with Gasteiger partial charge in [-0.1, -0.05) is 0 Å². The highest BCUT2D eigenvalue weighted by Crippen LogP contribution is 2.43. The molecule has 1 heterocycles. The van der Waals surface area contributed by atoms with Gasteiger partial charge in [-0.25, -0.2) is 13.1 Å². The predicted molar refractivity (Wildman–Crippen MR) is 85.0 cm³/mol. The van der Waals surface area contributed by atoms with E-state index in [2.05, 4.69) is 15.0 Å². The quantitative estimate of drug-likeness (QED) is 0.717. The number of primary amides is 1. The van der Waals surface area contributed by atoms with Crippen molar-refractivity contribution in [3.8, 4) is 0 Å². The molecule has 1 aromatic heterocycles. The number of anilines is 1. The highest BCUT2D eigenvalue weighted by molar-refractivity contribution is 7.91. The van der Waals surface area contributed by atoms with Crippen LogP contribution in [0.15, 0.2) is 18.5 Å². The van der Waals surface area contributed by atoms with Crippen molar-refractivity contribution in [2.75, 3.05) is 11.9 Å². The van der Waals surface area contributed by atoms with Crippen LogP contribution in [0.2, 0.25) is 0 Å². The van der Waals surface area contributed by atoms with Crippen molar-refractivity contribution in [3.63, 3.8) is 0 Å². The van der Waals surface area contributed by atoms with Crippen LogP contribution < -0.4 is 15.8 Å². The van der Waals surface area contributed by atoms with E-state index < -0.39 is 26.2 Å². The molecule has 0 aromatic carbocycles. The Morgan fingerprint density at radius 3 is 2.55 bits per heavy atom. The number of nitrogens with one attached hydrogen (secondary N) is 2. The van der Waals surface area contributed by atoms with Crippen molar-refractivity contribution in [3.05, 3.63) is 24.0 Å². The maximum Gasteiger partial charge on any atom is 0.252 e. The zero-order valence-electron chi connectivity index (χ0n) is 13.0. The van der Waals surface area contributed by atoms with E-state index in [-0.39, 0.29) is 12.1 Å². The molecule has 1 amide bonds. The zero-order valence-corrected chi connectivity index (χ0v) is 13.8. The molecule has 0 radical (unpaired) electrons. The van der Waals surface area contributed by atoms with Gasteiger partial charge in [0, 0.05) is 24.5 Å². The fourth-order valence-corrected chi connectivity index (χ4v) is 4.12. The van der Waals surface area contributed by atoms with E-state index >= 15 is 0 Å². The third-order valence-corrected chi connectivity index (χ3v) is 6.08. The molecule has 1 aromatic rings. The van der Waals surface area contributed by atoms with Crippen LogP contribution >= 0.6 is 0 Å². The molecule has 22 heavy (non-hydrogen) atoms. The molecule has 0 atom stereocenters. The molecular formula is C14H22N4O3S. The summed E-state index contributed by atoms with van der Waals surface area (Å²) in [6.45, 7) is 5.65. The lowest BCUT2D eigenvalue weighted by Crippen LogP contribution is -2.48. The molecule has 1 fully saturated rings. The van der Waals surface area contributed by atoms with Crippen LogP contribution in [0, 0.1) is 0 Å². The van der Waals surface area contributed by atoms with E-state index in [0.29, 0.717) is 18.5 Å². The third kappa shape index (κ3) is 3.56. The maximum atomic E-state index is 12.5. The minimum Gasteiger partial charge on any atom is -0.383 e. The second-order valence-corrected chi connectivity index (χ2v) is 8.75. The van der Waals surface area contributed by atoms with Crippen LogP contribution in [0.25, 0.3) is 0 Å². The first kappa shape index (κ1) is 16.7. The number of hydrogen-bond donors (Lipinski definition) is 3. The number of aromatic nitrogens is 1. The molecule has 8 heteroatoms. The second-order valence-electron chi connectivity index (χ2n) is 6.68. The zero-order chi connectivity index (χ0) is 16.6. The lowest BCUT2D eigenvalue weighted by molar-refractivity contribution is 0.100. The molecule has 0 spiro atoms. The third-order valence-electron chi connectivity index (χ3n) is 3.51. The molecular weight excluding hydrogens is 304 g/mol. The molecule has 7 nitrogen and oxygen atoms in total. The summed E-state index contributed by atoms with van der Waals surface area (Å²) in [7, 11) is -3.45. The molecule has 2 rings (SSSR count). The largest absolute Gasteiger partial charge is 0.383 e. The highest BCUT2D eigenvalue weighted by Gasteiger charge is 2.55. The van der Waals surface area contributed by atoms with Crippen molar-refractivity contribution < 1.29 is 13.2 Å². The molecule has 0 saturated heterocycles. The van der Waals surface area contributed by atoms with Crippen LogP contribution in [0.5, 0.6) is 0 Å². The Bertz CT molecular complexity index is 676. The summed E-state index contributed by atoms with van der Waals surface area (Å²) in [4.78, 5) is 15.2. The number of carbonyl (C=O) groups is 1. The summed E-state index contributed by atoms with van der Waals surface area (Å²) in [6.07, 6.45) is 4.06. The first-order valence-electron chi connectivity index (χ1n) is 7.08. The number of carbonyl (C=O) groups excluding carboxylic acids is 1. The molecule has 1 saturated carbocycles. The SMILES string of the molecule is CC(C)(C)NS(=O)(=O)C1(CNc2ccncc2C(N)=O)CC1. The second kappa shape index (κ2) is 5.51. The van der Waals surface area contributed by atoms with E-state index in [4.69, 9.17) is 5.73 Å². The van der Waals surface area contributed by atoms with E-state index in [1.807, 2.05) is 20.8 Å². The summed E-state index contributed by atoms with van der Waals surface area (Å²) in [5.41, 5.74) is 5.51. The minimum atomic E-state index is -3.45. The Hall–Kier alpha value is -1.67. The van der Waals surface area contributed by atoms with Gasteiger partial charge in [-0.2, -0.15) is 0 Å². The van der Waals surface area contributed by atoms with Crippen molar-refractivity contribution in [2.24, 2.45) is 5.73 Å². The summed E-state index contributed by atoms with van der Waals surface area (Å²) in [5.74, 6) is -0.601. The minimum absolute atomic E-state index is 0.225. The van der Waals surface area contributed by atoms with Gasteiger partial charge in [0.15, 0.2) is 0 Å². The fourth-order valence-electron chi connectivity index (χ4n) is 2.19. The van der Waals surface area contributed by atoms with E-state index in [0.717, 1.165) is 0 Å². The molecule has 0 bridgehead atoms. The number of rotatable bonds is 6. The number of nitrogens with zero attached hydrogens (tertiary/aromatic N) is 1. The topological polar surface area (TPSA) is 114 Å². The van der Waals surface area contributed by atoms with Crippen molar-refractivity contribution in [2.45, 2.75) is 43.9 Å². The van der Waals surface area contributed by atoms with Gasteiger partial charge in [-0.3, -0.25) is 9.78 Å². The van der Waals surface area contributed by atoms with Crippen molar-refractivity contribution >= 4 is 21.6 Å². The summed E-state index contributed by atoms with van der Waals surface area (Å²) in [5, 5.41) is 3.03. The Morgan fingerprint density at radius 2 is 2.05 bits per heavy atom. The van der Waals surface area contributed by atoms with Gasteiger partial charge in [-0.05, 0) is 39.7 Å². The van der Waals surface area contributed by atoms with Gasteiger partial charge < -0.3 is 11.1 Å². The fraction of sp³-hybridized carbons (Fsp3) is 0.571. The molecule has 0 unspecified atom stereocenters. The van der Waals surface area contributed by atoms with Crippen LogP contribution in [-0.2, 0) is 10.0 Å². The van der Waals surface area contributed by atoms with Gasteiger partial charge in [0.1, 0.15) is 4.75 Å². The number of nitrogens with two attached hydrogens (primary N) is 1. The summed E-state index contributed by atoms with van der Waals surface area (Å²) in [6, 6.07) is 1.61. The lowest BCUT2D eigenvalue weighted by Gasteiger charge is -2.26. The molecule has 1 aliphatic rings. The van der Waals surface area contributed by atoms with Crippen LogP contribution in [0.3, 0.4) is 0 Å². The Morgan fingerprint density at radius 1 is 1.41 bits per heavy atom. The molecule has 0 aliphatic heterocycles. The maximum absolute atomic E-state index is 12.5. The summed E-state index contributed by atoms with van der Waals surface area (Å²) < 4.78 is 26.9. The molecule has 1 aliphatic carbocycles. The molecule has 4 N–H and O–H groups in total. The Kier molecular flexibility index (Phi) is 4.18. The van der Waals surface area contributed by atoms with Gasteiger partial charge in [0.2, 0.25) is 10.0 Å². The summed E-state index contributed by atoms with van der Waals surface area (Å²) >= 11 is 0. The molecule has 122 valence electrons. The Labute approximate surface area is 130 Å². The average molecular weight is 326 g/mol. The van der Waals surface area contributed by atoms with Gasteiger partial charge in [-0.15, -0.1) is 0 Å².